The van der Waals surface area contributed by atoms with E-state index in [2.05, 4.69) is 5.32 Å². The van der Waals surface area contributed by atoms with E-state index < -0.39 is 0 Å². The van der Waals surface area contributed by atoms with Crippen LogP contribution in [-0.2, 0) is 9.53 Å². The summed E-state index contributed by atoms with van der Waals surface area (Å²) in [5.41, 5.74) is 2.34. The van der Waals surface area contributed by atoms with Crippen molar-refractivity contribution in [2.24, 2.45) is 5.92 Å². The van der Waals surface area contributed by atoms with Crippen LogP contribution in [0.15, 0.2) is 54.6 Å². The van der Waals surface area contributed by atoms with Crippen LogP contribution >= 0.6 is 0 Å². The minimum atomic E-state index is -0.372. The predicted octanol–water partition coefficient (Wildman–Crippen LogP) is 3.67. The van der Waals surface area contributed by atoms with Gasteiger partial charge in [-0.05, 0) is 31.9 Å². The summed E-state index contributed by atoms with van der Waals surface area (Å²) in [6.45, 7) is 2.64. The van der Waals surface area contributed by atoms with Gasteiger partial charge in [-0.3, -0.25) is 9.59 Å². The SMILES string of the molecule is Cc1ccc(C(=O)COC(=O)C2CCN(C(=O)Nc3ccccc3)CC2)cc1. The number of aryl methyl sites for hydroxylation is 1. The maximum absolute atomic E-state index is 12.3. The zero-order chi connectivity index (χ0) is 19.9. The van der Waals surface area contributed by atoms with Crippen LogP contribution in [0.2, 0.25) is 0 Å². The van der Waals surface area contributed by atoms with E-state index in [-0.39, 0.29) is 30.3 Å². The quantitative estimate of drug-likeness (QED) is 0.634. The molecule has 0 aromatic heterocycles. The normalized spacial score (nSPS) is 14.4. The van der Waals surface area contributed by atoms with Gasteiger partial charge in [0.25, 0.3) is 0 Å². The van der Waals surface area contributed by atoms with Gasteiger partial charge in [-0.2, -0.15) is 0 Å². The third-order valence-corrected chi connectivity index (χ3v) is 4.86. The fourth-order valence-electron chi connectivity index (χ4n) is 3.12. The number of nitrogens with one attached hydrogen (secondary N) is 1. The second-order valence-electron chi connectivity index (χ2n) is 6.95. The minimum Gasteiger partial charge on any atom is -0.457 e. The van der Waals surface area contributed by atoms with Crippen molar-refractivity contribution in [1.82, 2.24) is 4.90 Å². The Balaban J connectivity index is 1.42. The third kappa shape index (κ3) is 5.19. The molecule has 6 nitrogen and oxygen atoms in total. The van der Waals surface area contributed by atoms with Crippen LogP contribution < -0.4 is 5.32 Å². The van der Waals surface area contributed by atoms with Crippen molar-refractivity contribution in [3.63, 3.8) is 0 Å². The monoisotopic (exact) mass is 380 g/mol. The number of carbonyl (C=O) groups is 3. The highest BCUT2D eigenvalue weighted by molar-refractivity contribution is 5.98. The summed E-state index contributed by atoms with van der Waals surface area (Å²) < 4.78 is 5.21. The lowest BCUT2D eigenvalue weighted by Crippen LogP contribution is -2.42. The Morgan fingerprint density at radius 2 is 1.64 bits per heavy atom. The molecule has 0 atom stereocenters. The number of hydrogen-bond acceptors (Lipinski definition) is 4. The number of nitrogens with zero attached hydrogens (tertiary/aromatic N) is 1. The van der Waals surface area contributed by atoms with E-state index in [1.54, 1.807) is 17.0 Å². The first kappa shape index (κ1) is 19.6. The van der Waals surface area contributed by atoms with Gasteiger partial charge in [0.15, 0.2) is 12.4 Å². The molecule has 1 heterocycles. The Hall–Kier alpha value is -3.15. The van der Waals surface area contributed by atoms with Gasteiger partial charge in [0, 0.05) is 24.3 Å². The number of anilines is 1. The van der Waals surface area contributed by atoms with Crippen molar-refractivity contribution < 1.29 is 19.1 Å². The van der Waals surface area contributed by atoms with E-state index in [0.29, 0.717) is 31.5 Å². The molecule has 1 fully saturated rings. The van der Waals surface area contributed by atoms with Gasteiger partial charge in [-0.25, -0.2) is 4.79 Å². The van der Waals surface area contributed by atoms with Crippen LogP contribution in [0, 0.1) is 12.8 Å². The molecule has 2 aromatic carbocycles. The first-order chi connectivity index (χ1) is 13.5. The molecular weight excluding hydrogens is 356 g/mol. The summed E-state index contributed by atoms with van der Waals surface area (Å²) in [4.78, 5) is 38.4. The molecule has 1 aliphatic heterocycles. The molecule has 28 heavy (non-hydrogen) atoms. The Morgan fingerprint density at radius 1 is 1.00 bits per heavy atom. The standard InChI is InChI=1S/C22H24N2O4/c1-16-7-9-17(10-8-16)20(25)15-28-21(26)18-11-13-24(14-12-18)22(27)23-19-5-3-2-4-6-19/h2-10,18H,11-15H2,1H3,(H,23,27). The second kappa shape index (κ2) is 9.17. The van der Waals surface area contributed by atoms with E-state index in [0.717, 1.165) is 11.3 Å². The smallest absolute Gasteiger partial charge is 0.321 e. The van der Waals surface area contributed by atoms with Crippen molar-refractivity contribution in [1.29, 1.82) is 0 Å². The number of piperidine rings is 1. The van der Waals surface area contributed by atoms with Crippen molar-refractivity contribution in [3.05, 3.63) is 65.7 Å². The van der Waals surface area contributed by atoms with Gasteiger partial charge in [0.05, 0.1) is 5.92 Å². The van der Waals surface area contributed by atoms with Crippen molar-refractivity contribution in [2.45, 2.75) is 19.8 Å². The van der Waals surface area contributed by atoms with E-state index >= 15 is 0 Å². The maximum atomic E-state index is 12.3. The topological polar surface area (TPSA) is 75.7 Å². The molecule has 1 aliphatic rings. The van der Waals surface area contributed by atoms with Crippen LogP contribution in [0.1, 0.15) is 28.8 Å². The number of hydrogen-bond donors (Lipinski definition) is 1. The minimum absolute atomic E-state index is 0.174. The Labute approximate surface area is 164 Å². The molecule has 3 rings (SSSR count). The molecule has 1 saturated heterocycles. The zero-order valence-corrected chi connectivity index (χ0v) is 15.9. The molecule has 0 aliphatic carbocycles. The molecule has 0 unspecified atom stereocenters. The predicted molar refractivity (Wildman–Crippen MR) is 106 cm³/mol. The van der Waals surface area contributed by atoms with E-state index in [1.807, 2.05) is 49.4 Å². The molecule has 1 N–H and O–H groups in total. The molecule has 0 spiro atoms. The summed E-state index contributed by atoms with van der Waals surface area (Å²) in [5, 5.41) is 2.84. The number of urea groups is 1. The number of ether oxygens (including phenoxy) is 1. The van der Waals surface area contributed by atoms with Crippen molar-refractivity contribution in [3.8, 4) is 0 Å². The highest BCUT2D eigenvalue weighted by Crippen LogP contribution is 2.20. The van der Waals surface area contributed by atoms with Gasteiger partial charge in [0.2, 0.25) is 0 Å². The lowest BCUT2D eigenvalue weighted by molar-refractivity contribution is -0.148. The van der Waals surface area contributed by atoms with Gasteiger partial charge in [-0.15, -0.1) is 0 Å². The summed E-state index contributed by atoms with van der Waals surface area (Å²) in [7, 11) is 0. The van der Waals surface area contributed by atoms with Crippen LogP contribution in [0.5, 0.6) is 0 Å². The average Bonchev–Trinajstić information content (AvgIpc) is 2.73. The first-order valence-corrected chi connectivity index (χ1v) is 9.40. The molecule has 0 bridgehead atoms. The molecular formula is C22H24N2O4. The van der Waals surface area contributed by atoms with Gasteiger partial charge >= 0.3 is 12.0 Å². The van der Waals surface area contributed by atoms with Crippen molar-refractivity contribution in [2.75, 3.05) is 25.0 Å². The van der Waals surface area contributed by atoms with Gasteiger partial charge in [0.1, 0.15) is 0 Å². The van der Waals surface area contributed by atoms with Crippen molar-refractivity contribution >= 4 is 23.5 Å². The number of benzene rings is 2. The largest absolute Gasteiger partial charge is 0.457 e. The number of rotatable bonds is 5. The average molecular weight is 380 g/mol. The number of para-hydroxylation sites is 1. The molecule has 6 heteroatoms. The van der Waals surface area contributed by atoms with Gasteiger partial charge in [-0.1, -0.05) is 48.0 Å². The summed E-state index contributed by atoms with van der Waals surface area (Å²) in [6.07, 6.45) is 1.06. The van der Waals surface area contributed by atoms with E-state index in [9.17, 15) is 14.4 Å². The highest BCUT2D eigenvalue weighted by Gasteiger charge is 2.28. The van der Waals surface area contributed by atoms with E-state index in [4.69, 9.17) is 4.74 Å². The second-order valence-corrected chi connectivity index (χ2v) is 6.95. The lowest BCUT2D eigenvalue weighted by atomic mass is 9.97. The molecule has 146 valence electrons. The fraction of sp³-hybridized carbons (Fsp3) is 0.318. The Kier molecular flexibility index (Phi) is 6.42. The lowest BCUT2D eigenvalue weighted by Gasteiger charge is -2.30. The summed E-state index contributed by atoms with van der Waals surface area (Å²) in [6, 6.07) is 16.2. The van der Waals surface area contributed by atoms with E-state index in [1.165, 1.54) is 0 Å². The highest BCUT2D eigenvalue weighted by atomic mass is 16.5. The number of carbonyl (C=O) groups excluding carboxylic acids is 3. The zero-order valence-electron chi connectivity index (χ0n) is 15.9. The van der Waals surface area contributed by atoms with Crippen LogP contribution in [0.25, 0.3) is 0 Å². The van der Waals surface area contributed by atoms with Crippen LogP contribution in [-0.4, -0.2) is 42.4 Å². The van der Waals surface area contributed by atoms with Gasteiger partial charge < -0.3 is 15.0 Å². The van der Waals surface area contributed by atoms with Crippen LogP contribution in [0.3, 0.4) is 0 Å². The number of ketones is 1. The molecule has 0 radical (unpaired) electrons. The Bertz CT molecular complexity index is 825. The number of likely N-dealkylation sites (tertiary alicyclic amines) is 1. The Morgan fingerprint density at radius 3 is 2.29 bits per heavy atom. The molecule has 2 amide bonds. The molecule has 0 saturated carbocycles. The third-order valence-electron chi connectivity index (χ3n) is 4.86. The number of Topliss-reactive ketones (excluding diaryl/α,β-unsaturated/α-hetero) is 1. The number of esters is 1. The molecule has 2 aromatic rings. The summed E-state index contributed by atoms with van der Waals surface area (Å²) in [5.74, 6) is -0.872. The fourth-order valence-corrected chi connectivity index (χ4v) is 3.12. The first-order valence-electron chi connectivity index (χ1n) is 9.40. The van der Waals surface area contributed by atoms with Crippen LogP contribution in [0.4, 0.5) is 10.5 Å². The maximum Gasteiger partial charge on any atom is 0.321 e. The summed E-state index contributed by atoms with van der Waals surface area (Å²) >= 11 is 0. The number of amides is 2.